The van der Waals surface area contributed by atoms with Crippen molar-refractivity contribution in [1.29, 1.82) is 5.26 Å². The van der Waals surface area contributed by atoms with Crippen molar-refractivity contribution in [3.05, 3.63) is 65.9 Å². The van der Waals surface area contributed by atoms with Gasteiger partial charge in [0.05, 0.1) is 11.8 Å². The van der Waals surface area contributed by atoms with Gasteiger partial charge < -0.3 is 10.2 Å². The first kappa shape index (κ1) is 18.0. The number of oxazole rings is 1. The van der Waals surface area contributed by atoms with Gasteiger partial charge in [-0.1, -0.05) is 24.3 Å². The van der Waals surface area contributed by atoms with Gasteiger partial charge >= 0.3 is 0 Å². The summed E-state index contributed by atoms with van der Waals surface area (Å²) in [6.07, 6.45) is 6.36. The smallest absolute Gasteiger partial charge is 0.181 e. The number of piperidine rings is 1. The van der Waals surface area contributed by atoms with E-state index in [1.165, 1.54) is 18.5 Å². The van der Waals surface area contributed by atoms with Crippen LogP contribution in [-0.4, -0.2) is 28.0 Å². The highest BCUT2D eigenvalue weighted by Crippen LogP contribution is 2.42. The molecule has 1 aromatic heterocycles. The molecule has 146 valence electrons. The Hall–Kier alpha value is -3.01. The molecule has 0 radical (unpaired) electrons. The van der Waals surface area contributed by atoms with E-state index in [4.69, 9.17) is 15.4 Å². The van der Waals surface area contributed by atoms with Crippen LogP contribution < -0.4 is 5.73 Å². The summed E-state index contributed by atoms with van der Waals surface area (Å²) in [5.41, 5.74) is 10.0. The van der Waals surface area contributed by atoms with E-state index in [0.717, 1.165) is 49.0 Å². The van der Waals surface area contributed by atoms with Crippen molar-refractivity contribution in [1.82, 2.24) is 9.88 Å². The van der Waals surface area contributed by atoms with Crippen LogP contribution in [0.4, 0.5) is 4.39 Å². The second-order valence-corrected chi connectivity index (χ2v) is 8.18. The van der Waals surface area contributed by atoms with Gasteiger partial charge in [0.2, 0.25) is 0 Å². The Morgan fingerprint density at radius 1 is 1.34 bits per heavy atom. The van der Waals surface area contributed by atoms with Crippen LogP contribution in [0, 0.1) is 17.1 Å². The summed E-state index contributed by atoms with van der Waals surface area (Å²) < 4.78 is 19.9. The molecule has 1 aliphatic carbocycles. The lowest BCUT2D eigenvalue weighted by molar-refractivity contribution is 0.196. The highest BCUT2D eigenvalue weighted by molar-refractivity contribution is 5.83. The normalized spacial score (nSPS) is 23.4. The molecule has 2 bridgehead atoms. The fraction of sp³-hybridized carbons (Fsp3) is 0.304. The van der Waals surface area contributed by atoms with Crippen molar-refractivity contribution in [3.8, 4) is 28.5 Å². The molecule has 1 saturated heterocycles. The number of rotatable bonds is 4. The molecule has 1 aliphatic heterocycles. The molecule has 0 unspecified atom stereocenters. The van der Waals surface area contributed by atoms with Crippen molar-refractivity contribution in [3.63, 3.8) is 0 Å². The number of fused-ring (bicyclic) bond motifs is 2. The number of hydrogen-bond acceptors (Lipinski definition) is 5. The van der Waals surface area contributed by atoms with Crippen LogP contribution in [0.15, 0.2) is 53.4 Å². The molecule has 3 aromatic rings. The summed E-state index contributed by atoms with van der Waals surface area (Å²) in [5, 5.41) is 9.03. The standard InChI is InChI=1S/C23H21FN4O/c24-20-8-15(4-5-16(20)10-25)19-3-1-2-17(22(19)21-11-27-14-29-21)12-28-13-23(26)7-6-18(28)9-23/h1-5,8,11,14,18H,6-7,9,12-13,26H2/t18-,23-/m0/s1. The summed E-state index contributed by atoms with van der Waals surface area (Å²) in [5.74, 6) is 0.119. The number of halogens is 1. The quantitative estimate of drug-likeness (QED) is 0.728. The summed E-state index contributed by atoms with van der Waals surface area (Å²) in [7, 11) is 0. The second kappa shape index (κ2) is 6.80. The number of hydrogen-bond donors (Lipinski definition) is 1. The minimum atomic E-state index is -0.527. The molecule has 2 N–H and O–H groups in total. The van der Waals surface area contributed by atoms with Crippen LogP contribution in [-0.2, 0) is 6.54 Å². The SMILES string of the molecule is N#Cc1ccc(-c2cccc(CN3C[C@]4(N)CC[C@H]3C4)c2-c2cnco2)cc1F. The van der Waals surface area contributed by atoms with Gasteiger partial charge in [-0.05, 0) is 48.1 Å². The van der Waals surface area contributed by atoms with E-state index in [1.807, 2.05) is 18.2 Å². The number of likely N-dealkylation sites (tertiary alicyclic amines) is 1. The van der Waals surface area contributed by atoms with Gasteiger partial charge in [-0.25, -0.2) is 9.37 Å². The number of aromatic nitrogens is 1. The van der Waals surface area contributed by atoms with Crippen LogP contribution >= 0.6 is 0 Å². The van der Waals surface area contributed by atoms with Crippen LogP contribution in [0.1, 0.15) is 30.4 Å². The largest absolute Gasteiger partial charge is 0.443 e. The summed E-state index contributed by atoms with van der Waals surface area (Å²) in [4.78, 5) is 6.53. The highest BCUT2D eigenvalue weighted by Gasteiger charge is 2.46. The van der Waals surface area contributed by atoms with Crippen LogP contribution in [0.5, 0.6) is 0 Å². The van der Waals surface area contributed by atoms with Crippen molar-refractivity contribution in [2.45, 2.75) is 37.4 Å². The minimum absolute atomic E-state index is 0.0347. The van der Waals surface area contributed by atoms with Gasteiger partial charge in [0, 0.05) is 30.2 Å². The number of nitriles is 1. The van der Waals surface area contributed by atoms with E-state index >= 15 is 0 Å². The van der Waals surface area contributed by atoms with Gasteiger partial charge in [-0.2, -0.15) is 5.26 Å². The first-order chi connectivity index (χ1) is 14.1. The fourth-order valence-corrected chi connectivity index (χ4v) is 4.90. The molecule has 2 heterocycles. The first-order valence-corrected chi connectivity index (χ1v) is 9.80. The topological polar surface area (TPSA) is 79.1 Å². The fourth-order valence-electron chi connectivity index (χ4n) is 4.90. The Morgan fingerprint density at radius 3 is 2.90 bits per heavy atom. The average Bonchev–Trinajstić information content (AvgIpc) is 3.43. The highest BCUT2D eigenvalue weighted by atomic mass is 19.1. The van der Waals surface area contributed by atoms with Crippen LogP contribution in [0.25, 0.3) is 22.5 Å². The Kier molecular flexibility index (Phi) is 4.23. The summed E-state index contributed by atoms with van der Waals surface area (Å²) in [6.45, 7) is 1.65. The zero-order valence-electron chi connectivity index (χ0n) is 15.9. The van der Waals surface area contributed by atoms with Gasteiger partial charge in [-0.15, -0.1) is 0 Å². The zero-order chi connectivity index (χ0) is 20.0. The number of nitrogens with two attached hydrogens (primary N) is 1. The maximum Gasteiger partial charge on any atom is 0.181 e. The molecular weight excluding hydrogens is 367 g/mol. The van der Waals surface area contributed by atoms with E-state index in [-0.39, 0.29) is 11.1 Å². The molecule has 2 atom stereocenters. The predicted octanol–water partition coefficient (Wildman–Crippen LogP) is 4.08. The van der Waals surface area contributed by atoms with Crippen molar-refractivity contribution in [2.75, 3.05) is 6.54 Å². The van der Waals surface area contributed by atoms with E-state index in [9.17, 15) is 4.39 Å². The Balaban J connectivity index is 1.59. The minimum Gasteiger partial charge on any atom is -0.443 e. The maximum absolute atomic E-state index is 14.3. The van der Waals surface area contributed by atoms with Crippen molar-refractivity contribution < 1.29 is 8.81 Å². The lowest BCUT2D eigenvalue weighted by Crippen LogP contribution is -2.44. The van der Waals surface area contributed by atoms with E-state index in [1.54, 1.807) is 12.3 Å². The monoisotopic (exact) mass is 388 g/mol. The zero-order valence-corrected chi connectivity index (χ0v) is 15.9. The summed E-state index contributed by atoms with van der Waals surface area (Å²) >= 11 is 0. The summed E-state index contributed by atoms with van der Waals surface area (Å²) in [6, 6.07) is 13.1. The third-order valence-corrected chi connectivity index (χ3v) is 6.26. The van der Waals surface area contributed by atoms with Gasteiger partial charge in [0.15, 0.2) is 12.2 Å². The Morgan fingerprint density at radius 2 is 2.24 bits per heavy atom. The molecule has 5 rings (SSSR count). The molecule has 1 saturated carbocycles. The number of benzene rings is 2. The molecular formula is C23H21FN4O. The van der Waals surface area contributed by atoms with Gasteiger partial charge in [0.1, 0.15) is 11.9 Å². The van der Waals surface area contributed by atoms with Crippen LogP contribution in [0.2, 0.25) is 0 Å². The molecule has 2 aromatic carbocycles. The Labute approximate surface area is 168 Å². The van der Waals surface area contributed by atoms with E-state index in [0.29, 0.717) is 17.4 Å². The maximum atomic E-state index is 14.3. The van der Waals surface area contributed by atoms with Gasteiger partial charge in [0.25, 0.3) is 0 Å². The van der Waals surface area contributed by atoms with Crippen molar-refractivity contribution in [2.24, 2.45) is 5.73 Å². The van der Waals surface area contributed by atoms with Crippen molar-refractivity contribution >= 4 is 0 Å². The Bertz CT molecular complexity index is 1100. The first-order valence-electron chi connectivity index (χ1n) is 9.80. The molecule has 2 aliphatic rings. The molecule has 2 fully saturated rings. The predicted molar refractivity (Wildman–Crippen MR) is 107 cm³/mol. The molecule has 6 heteroatoms. The lowest BCUT2D eigenvalue weighted by Gasteiger charge is -2.31. The molecule has 29 heavy (non-hydrogen) atoms. The average molecular weight is 388 g/mol. The third-order valence-electron chi connectivity index (χ3n) is 6.26. The van der Waals surface area contributed by atoms with Gasteiger partial charge in [-0.3, -0.25) is 4.90 Å². The van der Waals surface area contributed by atoms with Crippen LogP contribution in [0.3, 0.4) is 0 Å². The molecule has 0 spiro atoms. The van der Waals surface area contributed by atoms with E-state index in [2.05, 4.69) is 16.0 Å². The molecule has 5 nitrogen and oxygen atoms in total. The lowest BCUT2D eigenvalue weighted by atomic mass is 9.92. The number of nitrogens with zero attached hydrogens (tertiary/aromatic N) is 3. The van der Waals surface area contributed by atoms with E-state index < -0.39 is 5.82 Å². The third kappa shape index (κ3) is 3.13. The molecule has 0 amide bonds. The second-order valence-electron chi connectivity index (χ2n) is 8.18.